The zero-order chi connectivity index (χ0) is 12.7. The van der Waals surface area contributed by atoms with Gasteiger partial charge in [-0.2, -0.15) is 0 Å². The Morgan fingerprint density at radius 2 is 1.94 bits per heavy atom. The summed E-state index contributed by atoms with van der Waals surface area (Å²) in [4.78, 5) is 16.9. The number of likely N-dealkylation sites (N-methyl/N-ethyl adjacent to an activating group) is 1. The first kappa shape index (κ1) is 13.2. The predicted octanol–water partition coefficient (Wildman–Crippen LogP) is -0.114. The quantitative estimate of drug-likeness (QED) is 0.530. The van der Waals surface area contributed by atoms with Gasteiger partial charge in [-0.1, -0.05) is 0 Å². The van der Waals surface area contributed by atoms with Gasteiger partial charge in [-0.25, -0.2) is 5.06 Å². The third kappa shape index (κ3) is 1.86. The van der Waals surface area contributed by atoms with Gasteiger partial charge >= 0.3 is 0 Å². The summed E-state index contributed by atoms with van der Waals surface area (Å²) in [6.07, 6.45) is 1.74. The first-order chi connectivity index (χ1) is 7.14. The highest BCUT2D eigenvalue weighted by atomic mass is 16.7. The number of hydroxylamine groups is 4. The number of rotatable bonds is 2. The molecule has 0 saturated carbocycles. The molecule has 5 nitrogen and oxygen atoms in total. The Morgan fingerprint density at radius 1 is 1.44 bits per heavy atom. The van der Waals surface area contributed by atoms with Crippen molar-refractivity contribution in [3.05, 3.63) is 16.9 Å². The van der Waals surface area contributed by atoms with Crippen molar-refractivity contribution in [2.75, 3.05) is 14.2 Å². The Balaban J connectivity index is 3.10. The largest absolute Gasteiger partial charge is 0.633 e. The third-order valence-electron chi connectivity index (χ3n) is 3.12. The van der Waals surface area contributed by atoms with Crippen LogP contribution >= 0.6 is 0 Å². The first-order valence-electron chi connectivity index (χ1n) is 5.25. The van der Waals surface area contributed by atoms with E-state index in [0.717, 1.165) is 5.06 Å². The van der Waals surface area contributed by atoms with E-state index in [9.17, 15) is 10.0 Å². The van der Waals surface area contributed by atoms with Crippen LogP contribution in [0.5, 0.6) is 0 Å². The fourth-order valence-electron chi connectivity index (χ4n) is 2.12. The van der Waals surface area contributed by atoms with E-state index in [1.807, 2.05) is 13.8 Å². The van der Waals surface area contributed by atoms with Crippen molar-refractivity contribution in [1.29, 1.82) is 0 Å². The standard InChI is InChI=1S/C11H20N2O3/c1-10(2)7-8(9(14)12(5)16-6)11(3,4)13(10)15/h7,13H,1-6H3. The van der Waals surface area contributed by atoms with Crippen molar-refractivity contribution in [3.8, 4) is 0 Å². The minimum Gasteiger partial charge on any atom is -0.633 e. The molecule has 1 N–H and O–H groups in total. The minimum absolute atomic E-state index is 0.0628. The van der Waals surface area contributed by atoms with E-state index in [4.69, 9.17) is 4.84 Å². The van der Waals surface area contributed by atoms with Crippen LogP contribution in [-0.2, 0) is 9.63 Å². The monoisotopic (exact) mass is 228 g/mol. The summed E-state index contributed by atoms with van der Waals surface area (Å²) in [6.45, 7) is 7.20. The van der Waals surface area contributed by atoms with Gasteiger partial charge in [0.1, 0.15) is 11.1 Å². The number of carbonyl (C=O) groups excluding carboxylic acids is 1. The zero-order valence-corrected chi connectivity index (χ0v) is 10.7. The lowest BCUT2D eigenvalue weighted by Gasteiger charge is -2.41. The SMILES string of the molecule is CON(C)C(=O)C1=CC(C)(C)[NH+]([O-])C1(C)C. The lowest BCUT2D eigenvalue weighted by atomic mass is 9.96. The summed E-state index contributed by atoms with van der Waals surface area (Å²) in [5, 5.41) is 13.3. The Bertz CT molecular complexity index is 334. The molecule has 0 spiro atoms. The predicted molar refractivity (Wildman–Crippen MR) is 60.3 cm³/mol. The second-order valence-corrected chi connectivity index (χ2v) is 5.22. The molecule has 0 aromatic heterocycles. The summed E-state index contributed by atoms with van der Waals surface area (Å²) in [5.41, 5.74) is -0.817. The van der Waals surface area contributed by atoms with E-state index >= 15 is 0 Å². The van der Waals surface area contributed by atoms with Crippen molar-refractivity contribution in [1.82, 2.24) is 5.06 Å². The van der Waals surface area contributed by atoms with Crippen LogP contribution in [0.1, 0.15) is 27.7 Å². The number of quaternary nitrogens is 1. The highest BCUT2D eigenvalue weighted by Crippen LogP contribution is 2.25. The molecule has 1 rings (SSSR count). The molecular formula is C11H20N2O3. The molecule has 1 aliphatic heterocycles. The number of carbonyl (C=O) groups is 1. The van der Waals surface area contributed by atoms with E-state index in [-0.39, 0.29) is 11.0 Å². The van der Waals surface area contributed by atoms with Gasteiger partial charge in [0, 0.05) is 7.05 Å². The number of hydrogen-bond donors (Lipinski definition) is 1. The molecule has 0 aromatic carbocycles. The van der Waals surface area contributed by atoms with E-state index in [1.165, 1.54) is 14.2 Å². The molecule has 0 bridgehead atoms. The molecular weight excluding hydrogens is 208 g/mol. The third-order valence-corrected chi connectivity index (χ3v) is 3.12. The van der Waals surface area contributed by atoms with Crippen LogP contribution in [0.4, 0.5) is 0 Å². The fourth-order valence-corrected chi connectivity index (χ4v) is 2.12. The van der Waals surface area contributed by atoms with Crippen molar-refractivity contribution in [2.45, 2.75) is 38.8 Å². The average molecular weight is 228 g/mol. The minimum atomic E-state index is -0.743. The maximum atomic E-state index is 12.1. The van der Waals surface area contributed by atoms with Gasteiger partial charge < -0.3 is 10.3 Å². The molecule has 0 saturated heterocycles. The van der Waals surface area contributed by atoms with Gasteiger partial charge in [0.15, 0.2) is 0 Å². The number of hydrogen-bond acceptors (Lipinski definition) is 3. The molecule has 1 heterocycles. The van der Waals surface area contributed by atoms with E-state index < -0.39 is 11.1 Å². The molecule has 1 unspecified atom stereocenters. The summed E-state index contributed by atoms with van der Waals surface area (Å²) in [5.74, 6) is -0.258. The fraction of sp³-hybridized carbons (Fsp3) is 0.727. The summed E-state index contributed by atoms with van der Waals surface area (Å²) < 4.78 is 0. The molecule has 16 heavy (non-hydrogen) atoms. The summed E-state index contributed by atoms with van der Waals surface area (Å²) in [6, 6.07) is 0. The van der Waals surface area contributed by atoms with Crippen LogP contribution in [-0.4, -0.2) is 36.2 Å². The van der Waals surface area contributed by atoms with Crippen LogP contribution in [0.25, 0.3) is 0 Å². The molecule has 0 radical (unpaired) electrons. The Hall–Kier alpha value is -0.910. The Labute approximate surface area is 96.2 Å². The van der Waals surface area contributed by atoms with Crippen molar-refractivity contribution in [2.24, 2.45) is 0 Å². The van der Waals surface area contributed by atoms with Crippen LogP contribution in [0.2, 0.25) is 0 Å². The average Bonchev–Trinajstić information content (AvgIpc) is 2.37. The normalized spacial score (nSPS) is 26.4. The number of nitrogens with zero attached hydrogens (tertiary/aromatic N) is 1. The molecule has 0 aromatic rings. The maximum absolute atomic E-state index is 12.1. The molecule has 0 aliphatic carbocycles. The number of nitrogens with one attached hydrogen (secondary N) is 1. The molecule has 0 fully saturated rings. The lowest BCUT2D eigenvalue weighted by Crippen LogP contribution is -3.20. The summed E-state index contributed by atoms with van der Waals surface area (Å²) in [7, 11) is 2.96. The van der Waals surface area contributed by atoms with Gasteiger partial charge in [0.05, 0.1) is 12.7 Å². The van der Waals surface area contributed by atoms with E-state index in [1.54, 1.807) is 19.9 Å². The van der Waals surface area contributed by atoms with E-state index in [0.29, 0.717) is 5.57 Å². The van der Waals surface area contributed by atoms with Gasteiger partial charge in [-0.3, -0.25) is 9.63 Å². The molecule has 1 aliphatic rings. The van der Waals surface area contributed by atoms with E-state index in [2.05, 4.69) is 0 Å². The van der Waals surface area contributed by atoms with Crippen molar-refractivity contribution >= 4 is 5.91 Å². The highest BCUT2D eigenvalue weighted by Gasteiger charge is 2.48. The van der Waals surface area contributed by atoms with Crippen LogP contribution in [0.3, 0.4) is 0 Å². The van der Waals surface area contributed by atoms with Crippen LogP contribution < -0.4 is 5.06 Å². The zero-order valence-electron chi connectivity index (χ0n) is 10.7. The summed E-state index contributed by atoms with van der Waals surface area (Å²) >= 11 is 0. The van der Waals surface area contributed by atoms with Gasteiger partial charge in [-0.05, 0) is 33.8 Å². The molecule has 5 heteroatoms. The van der Waals surface area contributed by atoms with Crippen molar-refractivity contribution in [3.63, 3.8) is 0 Å². The van der Waals surface area contributed by atoms with Gasteiger partial charge in [0.2, 0.25) is 0 Å². The highest BCUT2D eigenvalue weighted by molar-refractivity contribution is 5.95. The molecule has 92 valence electrons. The first-order valence-corrected chi connectivity index (χ1v) is 5.25. The topological polar surface area (TPSA) is 57.0 Å². The van der Waals surface area contributed by atoms with Crippen molar-refractivity contribution < 1.29 is 14.7 Å². The van der Waals surface area contributed by atoms with Gasteiger partial charge in [-0.15, -0.1) is 0 Å². The van der Waals surface area contributed by atoms with Crippen LogP contribution in [0, 0.1) is 5.21 Å². The van der Waals surface area contributed by atoms with Crippen LogP contribution in [0.15, 0.2) is 11.6 Å². The lowest BCUT2D eigenvalue weighted by molar-refractivity contribution is -0.927. The second kappa shape index (κ2) is 3.84. The maximum Gasteiger partial charge on any atom is 0.279 e. The Kier molecular flexibility index (Phi) is 3.15. The Morgan fingerprint density at radius 3 is 2.25 bits per heavy atom. The molecule has 1 atom stereocenters. The molecule has 1 amide bonds. The number of amides is 1. The van der Waals surface area contributed by atoms with Gasteiger partial charge in [0.25, 0.3) is 5.91 Å². The smallest absolute Gasteiger partial charge is 0.279 e. The second-order valence-electron chi connectivity index (χ2n) is 5.22.